The average molecular weight is 359 g/mol. The van der Waals surface area contributed by atoms with Gasteiger partial charge in [-0.25, -0.2) is 4.79 Å². The molecule has 1 saturated carbocycles. The van der Waals surface area contributed by atoms with Crippen molar-refractivity contribution in [3.63, 3.8) is 0 Å². The maximum atomic E-state index is 12.8. The summed E-state index contributed by atoms with van der Waals surface area (Å²) in [6, 6.07) is 4.94. The summed E-state index contributed by atoms with van der Waals surface area (Å²) in [6.45, 7) is 1.60. The summed E-state index contributed by atoms with van der Waals surface area (Å²) in [5, 5.41) is 5.58. The van der Waals surface area contributed by atoms with E-state index in [0.717, 1.165) is 36.1 Å². The van der Waals surface area contributed by atoms with Crippen LogP contribution in [0.5, 0.6) is 5.75 Å². The number of carbonyl (C=O) groups excluding carboxylic acids is 3. The van der Waals surface area contributed by atoms with Gasteiger partial charge in [-0.2, -0.15) is 0 Å². The summed E-state index contributed by atoms with van der Waals surface area (Å²) in [7, 11) is 1.52. The summed E-state index contributed by atoms with van der Waals surface area (Å²) in [5.41, 5.74) is 0.664. The molecule has 0 atom stereocenters. The average Bonchev–Trinajstić information content (AvgIpc) is 2.77. The third-order valence-corrected chi connectivity index (χ3v) is 5.13. The van der Waals surface area contributed by atoms with Crippen molar-refractivity contribution in [3.05, 3.63) is 23.8 Å². The van der Waals surface area contributed by atoms with Crippen molar-refractivity contribution < 1.29 is 19.1 Å². The molecule has 1 aromatic rings. The van der Waals surface area contributed by atoms with Gasteiger partial charge in [-0.3, -0.25) is 14.5 Å². The SMILES string of the molecule is COc1ccc(C)cc1NC(=O)CN1C(=O)NC2(CCCCCC2)C1=O. The van der Waals surface area contributed by atoms with E-state index in [0.29, 0.717) is 24.3 Å². The number of nitrogens with zero attached hydrogens (tertiary/aromatic N) is 1. The van der Waals surface area contributed by atoms with Crippen LogP contribution in [0.3, 0.4) is 0 Å². The van der Waals surface area contributed by atoms with Crippen LogP contribution in [0.4, 0.5) is 10.5 Å². The van der Waals surface area contributed by atoms with E-state index in [-0.39, 0.29) is 12.5 Å². The Morgan fingerprint density at radius 3 is 2.58 bits per heavy atom. The molecule has 3 rings (SSSR count). The van der Waals surface area contributed by atoms with Crippen molar-refractivity contribution in [3.8, 4) is 5.75 Å². The number of carbonyl (C=O) groups is 3. The second-order valence-electron chi connectivity index (χ2n) is 7.07. The maximum absolute atomic E-state index is 12.8. The van der Waals surface area contributed by atoms with Gasteiger partial charge < -0.3 is 15.4 Å². The van der Waals surface area contributed by atoms with Gasteiger partial charge in [0.05, 0.1) is 12.8 Å². The number of imide groups is 1. The van der Waals surface area contributed by atoms with Gasteiger partial charge in [0.1, 0.15) is 17.8 Å². The lowest BCUT2D eigenvalue weighted by Gasteiger charge is -2.24. The second-order valence-corrected chi connectivity index (χ2v) is 7.07. The first-order chi connectivity index (χ1) is 12.4. The molecule has 2 aliphatic rings. The molecule has 7 heteroatoms. The molecule has 140 valence electrons. The van der Waals surface area contributed by atoms with Gasteiger partial charge in [0.2, 0.25) is 5.91 Å². The number of ether oxygens (including phenoxy) is 1. The summed E-state index contributed by atoms with van der Waals surface area (Å²) >= 11 is 0. The molecule has 1 aliphatic heterocycles. The zero-order valence-electron chi connectivity index (χ0n) is 15.3. The first-order valence-electron chi connectivity index (χ1n) is 9.04. The molecule has 7 nitrogen and oxygen atoms in total. The quantitative estimate of drug-likeness (QED) is 0.809. The van der Waals surface area contributed by atoms with Crippen molar-refractivity contribution in [2.45, 2.75) is 51.0 Å². The van der Waals surface area contributed by atoms with Crippen molar-refractivity contribution in [1.82, 2.24) is 10.2 Å². The van der Waals surface area contributed by atoms with Crippen LogP contribution >= 0.6 is 0 Å². The fourth-order valence-corrected chi connectivity index (χ4v) is 3.74. The molecule has 0 radical (unpaired) electrons. The number of amides is 4. The molecule has 2 N–H and O–H groups in total. The minimum atomic E-state index is -0.825. The number of aryl methyl sites for hydroxylation is 1. The monoisotopic (exact) mass is 359 g/mol. The van der Waals surface area contributed by atoms with E-state index in [4.69, 9.17) is 4.74 Å². The van der Waals surface area contributed by atoms with E-state index in [2.05, 4.69) is 10.6 Å². The number of hydrogen-bond donors (Lipinski definition) is 2. The van der Waals surface area contributed by atoms with Crippen LogP contribution < -0.4 is 15.4 Å². The minimum Gasteiger partial charge on any atom is -0.495 e. The molecule has 0 unspecified atom stereocenters. The Hall–Kier alpha value is -2.57. The Kier molecular flexibility index (Phi) is 5.15. The zero-order chi connectivity index (χ0) is 18.7. The molecular weight excluding hydrogens is 334 g/mol. The number of hydrogen-bond acceptors (Lipinski definition) is 4. The first-order valence-corrected chi connectivity index (χ1v) is 9.04. The predicted octanol–water partition coefficient (Wildman–Crippen LogP) is 2.59. The van der Waals surface area contributed by atoms with Crippen molar-refractivity contribution in [2.24, 2.45) is 0 Å². The Morgan fingerprint density at radius 2 is 1.92 bits per heavy atom. The normalized spacial score (nSPS) is 19.2. The minimum absolute atomic E-state index is 0.282. The largest absolute Gasteiger partial charge is 0.495 e. The fraction of sp³-hybridized carbons (Fsp3) is 0.526. The Morgan fingerprint density at radius 1 is 1.23 bits per heavy atom. The molecule has 0 bridgehead atoms. The van der Waals surface area contributed by atoms with Gasteiger partial charge in [0.25, 0.3) is 5.91 Å². The highest BCUT2D eigenvalue weighted by Gasteiger charge is 2.51. The number of urea groups is 1. The van der Waals surface area contributed by atoms with Gasteiger partial charge in [0, 0.05) is 0 Å². The summed E-state index contributed by atoms with van der Waals surface area (Å²) < 4.78 is 5.24. The van der Waals surface area contributed by atoms with E-state index in [1.165, 1.54) is 7.11 Å². The van der Waals surface area contributed by atoms with Crippen LogP contribution in [0.2, 0.25) is 0 Å². The van der Waals surface area contributed by atoms with Gasteiger partial charge >= 0.3 is 6.03 Å². The smallest absolute Gasteiger partial charge is 0.325 e. The van der Waals surface area contributed by atoms with Gasteiger partial charge in [0.15, 0.2) is 0 Å². The van der Waals surface area contributed by atoms with Crippen LogP contribution in [-0.4, -0.2) is 41.9 Å². The molecule has 2 fully saturated rings. The third kappa shape index (κ3) is 3.52. The highest BCUT2D eigenvalue weighted by Crippen LogP contribution is 2.32. The summed E-state index contributed by atoms with van der Waals surface area (Å²) in [5.74, 6) is -0.180. The van der Waals surface area contributed by atoms with E-state index < -0.39 is 17.5 Å². The molecule has 1 aliphatic carbocycles. The second kappa shape index (κ2) is 7.35. The predicted molar refractivity (Wildman–Crippen MR) is 97.0 cm³/mol. The number of benzene rings is 1. The molecule has 26 heavy (non-hydrogen) atoms. The van der Waals surface area contributed by atoms with E-state index in [1.54, 1.807) is 12.1 Å². The van der Waals surface area contributed by atoms with Crippen LogP contribution in [0, 0.1) is 6.92 Å². The maximum Gasteiger partial charge on any atom is 0.325 e. The Labute approximate surface area is 153 Å². The lowest BCUT2D eigenvalue weighted by molar-refractivity contribution is -0.134. The molecular formula is C19H25N3O4. The summed E-state index contributed by atoms with van der Waals surface area (Å²) in [6.07, 6.45) is 5.24. The third-order valence-electron chi connectivity index (χ3n) is 5.13. The standard InChI is InChI=1S/C19H25N3O4/c1-13-7-8-15(26-2)14(11-13)20-16(23)12-22-17(24)19(21-18(22)25)9-5-3-4-6-10-19/h7-8,11H,3-6,9-10,12H2,1-2H3,(H,20,23)(H,21,25). The highest BCUT2D eigenvalue weighted by molar-refractivity contribution is 6.10. The van der Waals surface area contributed by atoms with Crippen LogP contribution in [-0.2, 0) is 9.59 Å². The zero-order valence-corrected chi connectivity index (χ0v) is 15.3. The van der Waals surface area contributed by atoms with Crippen LogP contribution in [0.1, 0.15) is 44.1 Å². The lowest BCUT2D eigenvalue weighted by Crippen LogP contribution is -2.47. The van der Waals surface area contributed by atoms with Crippen LogP contribution in [0.25, 0.3) is 0 Å². The molecule has 1 heterocycles. The fourth-order valence-electron chi connectivity index (χ4n) is 3.74. The molecule has 1 saturated heterocycles. The van der Waals surface area contributed by atoms with Crippen molar-refractivity contribution in [2.75, 3.05) is 19.0 Å². The summed E-state index contributed by atoms with van der Waals surface area (Å²) in [4.78, 5) is 38.6. The van der Waals surface area contributed by atoms with Gasteiger partial charge in [-0.05, 0) is 37.5 Å². The molecule has 1 aromatic carbocycles. The molecule has 4 amide bonds. The van der Waals surface area contributed by atoms with Gasteiger partial charge in [-0.15, -0.1) is 0 Å². The van der Waals surface area contributed by atoms with Crippen LogP contribution in [0.15, 0.2) is 18.2 Å². The highest BCUT2D eigenvalue weighted by atomic mass is 16.5. The Bertz CT molecular complexity index is 723. The lowest BCUT2D eigenvalue weighted by atomic mass is 9.90. The Balaban J connectivity index is 1.70. The van der Waals surface area contributed by atoms with E-state index in [1.807, 2.05) is 13.0 Å². The van der Waals surface area contributed by atoms with E-state index >= 15 is 0 Å². The number of methoxy groups -OCH3 is 1. The van der Waals surface area contributed by atoms with E-state index in [9.17, 15) is 14.4 Å². The first kappa shape index (κ1) is 18.2. The van der Waals surface area contributed by atoms with Crippen molar-refractivity contribution in [1.29, 1.82) is 0 Å². The van der Waals surface area contributed by atoms with Gasteiger partial charge in [-0.1, -0.05) is 31.7 Å². The molecule has 1 spiro atoms. The molecule has 0 aromatic heterocycles. The number of anilines is 1. The number of nitrogens with one attached hydrogen (secondary N) is 2. The van der Waals surface area contributed by atoms with Crippen molar-refractivity contribution >= 4 is 23.5 Å². The topological polar surface area (TPSA) is 87.7 Å². The number of rotatable bonds is 4.